The highest BCUT2D eigenvalue weighted by Gasteiger charge is 2.33. The first kappa shape index (κ1) is 21.9. The first-order valence-electron chi connectivity index (χ1n) is 9.26. The fourth-order valence-corrected chi connectivity index (χ4v) is 2.75. The van der Waals surface area contributed by atoms with Crippen LogP contribution in [-0.4, -0.2) is 30.1 Å². The maximum atomic E-state index is 13.1. The number of alkyl halides is 3. The molecule has 162 valence electrons. The van der Waals surface area contributed by atoms with E-state index in [2.05, 4.69) is 25.9 Å². The Hall–Kier alpha value is -3.82. The van der Waals surface area contributed by atoms with Crippen LogP contribution in [0.1, 0.15) is 11.4 Å². The summed E-state index contributed by atoms with van der Waals surface area (Å²) in [6.45, 7) is 1.79. The lowest BCUT2D eigenvalue weighted by Gasteiger charge is -2.15. The standard InChI is InChI=1S/C21H21F3N6O/c1-13-25-18(12-19(26-13)30(2)3)27-14-8-10-15(11-9-14)28-20(31)29-17-7-5-4-6-16(17)21(22,23)24/h4-12H,1-3H3,(H,25,26,27)(H2,28,29,31). The van der Waals surface area contributed by atoms with Crippen molar-refractivity contribution < 1.29 is 18.0 Å². The minimum Gasteiger partial charge on any atom is -0.363 e. The molecule has 0 aliphatic heterocycles. The molecule has 10 heteroatoms. The fraction of sp³-hybridized carbons (Fsp3) is 0.190. The van der Waals surface area contributed by atoms with Gasteiger partial charge in [-0.3, -0.25) is 0 Å². The van der Waals surface area contributed by atoms with Crippen molar-refractivity contribution >= 4 is 34.7 Å². The molecule has 0 unspecified atom stereocenters. The Kier molecular flexibility index (Phi) is 6.28. The maximum absolute atomic E-state index is 13.1. The number of carbonyl (C=O) groups excluding carboxylic acids is 1. The second-order valence-electron chi connectivity index (χ2n) is 6.88. The molecule has 0 saturated heterocycles. The van der Waals surface area contributed by atoms with E-state index in [4.69, 9.17) is 0 Å². The quantitative estimate of drug-likeness (QED) is 0.515. The molecule has 0 saturated carbocycles. The van der Waals surface area contributed by atoms with E-state index in [0.717, 1.165) is 17.6 Å². The normalized spacial score (nSPS) is 11.0. The summed E-state index contributed by atoms with van der Waals surface area (Å²) in [5, 5.41) is 7.90. The summed E-state index contributed by atoms with van der Waals surface area (Å²) in [6.07, 6.45) is -4.57. The number of carbonyl (C=O) groups is 1. The molecule has 0 fully saturated rings. The second-order valence-corrected chi connectivity index (χ2v) is 6.88. The Labute approximate surface area is 177 Å². The molecular formula is C21H21F3N6O. The molecule has 1 heterocycles. The monoisotopic (exact) mass is 430 g/mol. The van der Waals surface area contributed by atoms with Gasteiger partial charge < -0.3 is 20.9 Å². The third-order valence-corrected chi connectivity index (χ3v) is 4.18. The lowest BCUT2D eigenvalue weighted by Crippen LogP contribution is -2.21. The van der Waals surface area contributed by atoms with E-state index in [1.54, 1.807) is 37.3 Å². The Balaban J connectivity index is 1.66. The smallest absolute Gasteiger partial charge is 0.363 e. The number of para-hydroxylation sites is 1. The summed E-state index contributed by atoms with van der Waals surface area (Å²) in [7, 11) is 3.76. The molecule has 31 heavy (non-hydrogen) atoms. The minimum absolute atomic E-state index is 0.318. The molecule has 7 nitrogen and oxygen atoms in total. The summed E-state index contributed by atoms with van der Waals surface area (Å²) in [5.41, 5.74) is -0.0971. The van der Waals surface area contributed by atoms with Crippen LogP contribution in [0.4, 0.5) is 46.7 Å². The molecule has 3 rings (SSSR count). The molecule has 2 amide bonds. The van der Waals surface area contributed by atoms with Crippen molar-refractivity contribution in [2.45, 2.75) is 13.1 Å². The zero-order valence-corrected chi connectivity index (χ0v) is 17.1. The summed E-state index contributed by atoms with van der Waals surface area (Å²) in [4.78, 5) is 22.7. The second kappa shape index (κ2) is 8.90. The first-order valence-corrected chi connectivity index (χ1v) is 9.26. The molecular weight excluding hydrogens is 409 g/mol. The average Bonchev–Trinajstić information content (AvgIpc) is 2.68. The first-order chi connectivity index (χ1) is 14.6. The van der Waals surface area contributed by atoms with Crippen molar-refractivity contribution in [2.24, 2.45) is 0 Å². The van der Waals surface area contributed by atoms with E-state index in [-0.39, 0.29) is 5.69 Å². The van der Waals surface area contributed by atoms with Crippen LogP contribution < -0.4 is 20.9 Å². The third-order valence-electron chi connectivity index (χ3n) is 4.18. The van der Waals surface area contributed by atoms with Gasteiger partial charge in [-0.1, -0.05) is 12.1 Å². The van der Waals surface area contributed by atoms with Crippen LogP contribution >= 0.6 is 0 Å². The van der Waals surface area contributed by atoms with E-state index < -0.39 is 17.8 Å². The molecule has 0 atom stereocenters. The van der Waals surface area contributed by atoms with Gasteiger partial charge in [-0.2, -0.15) is 13.2 Å². The predicted molar refractivity (Wildman–Crippen MR) is 115 cm³/mol. The largest absolute Gasteiger partial charge is 0.418 e. The number of halogens is 3. The zero-order chi connectivity index (χ0) is 22.6. The summed E-state index contributed by atoms with van der Waals surface area (Å²) < 4.78 is 39.2. The van der Waals surface area contributed by atoms with E-state index in [9.17, 15) is 18.0 Å². The minimum atomic E-state index is -4.57. The van der Waals surface area contributed by atoms with Crippen molar-refractivity contribution in [3.63, 3.8) is 0 Å². The predicted octanol–water partition coefficient (Wildman–Crippen LogP) is 5.26. The van der Waals surface area contributed by atoms with Crippen LogP contribution in [0.2, 0.25) is 0 Å². The van der Waals surface area contributed by atoms with Crippen molar-refractivity contribution in [3.8, 4) is 0 Å². The Morgan fingerprint density at radius 1 is 0.935 bits per heavy atom. The lowest BCUT2D eigenvalue weighted by molar-refractivity contribution is -0.136. The van der Waals surface area contributed by atoms with Crippen LogP contribution in [-0.2, 0) is 6.18 Å². The fourth-order valence-electron chi connectivity index (χ4n) is 2.75. The Bertz CT molecular complexity index is 1070. The van der Waals surface area contributed by atoms with Crippen LogP contribution in [0.25, 0.3) is 0 Å². The molecule has 3 N–H and O–H groups in total. The van der Waals surface area contributed by atoms with Crippen LogP contribution in [0, 0.1) is 6.92 Å². The highest BCUT2D eigenvalue weighted by atomic mass is 19.4. The molecule has 0 aliphatic carbocycles. The van der Waals surface area contributed by atoms with Crippen LogP contribution in [0.3, 0.4) is 0 Å². The summed E-state index contributed by atoms with van der Waals surface area (Å²) in [5.74, 6) is 1.98. The highest BCUT2D eigenvalue weighted by molar-refractivity contribution is 6.00. The Morgan fingerprint density at radius 2 is 1.58 bits per heavy atom. The number of anilines is 5. The lowest BCUT2D eigenvalue weighted by atomic mass is 10.1. The van der Waals surface area contributed by atoms with Gasteiger partial charge in [0.1, 0.15) is 17.5 Å². The zero-order valence-electron chi connectivity index (χ0n) is 17.1. The van der Waals surface area contributed by atoms with Gasteiger partial charge in [0.2, 0.25) is 0 Å². The van der Waals surface area contributed by atoms with Gasteiger partial charge >= 0.3 is 12.2 Å². The van der Waals surface area contributed by atoms with Gasteiger partial charge in [-0.25, -0.2) is 14.8 Å². The number of nitrogens with zero attached hydrogens (tertiary/aromatic N) is 3. The van der Waals surface area contributed by atoms with Gasteiger partial charge in [0.05, 0.1) is 11.3 Å². The number of rotatable bonds is 5. The van der Waals surface area contributed by atoms with E-state index >= 15 is 0 Å². The van der Waals surface area contributed by atoms with Crippen LogP contribution in [0.5, 0.6) is 0 Å². The highest BCUT2D eigenvalue weighted by Crippen LogP contribution is 2.34. The van der Waals surface area contributed by atoms with Crippen molar-refractivity contribution in [2.75, 3.05) is 34.9 Å². The molecule has 0 radical (unpaired) electrons. The van der Waals surface area contributed by atoms with Crippen molar-refractivity contribution in [1.29, 1.82) is 0 Å². The van der Waals surface area contributed by atoms with Gasteiger partial charge in [-0.05, 0) is 43.3 Å². The van der Waals surface area contributed by atoms with E-state index in [1.165, 1.54) is 18.2 Å². The van der Waals surface area contributed by atoms with Gasteiger partial charge in [-0.15, -0.1) is 0 Å². The Morgan fingerprint density at radius 3 is 2.23 bits per heavy atom. The number of aromatic nitrogens is 2. The number of hydrogen-bond donors (Lipinski definition) is 3. The van der Waals surface area contributed by atoms with E-state index in [1.807, 2.05) is 19.0 Å². The maximum Gasteiger partial charge on any atom is 0.418 e. The summed E-state index contributed by atoms with van der Waals surface area (Å²) in [6, 6.07) is 12.5. The van der Waals surface area contributed by atoms with Gasteiger partial charge in [0, 0.05) is 31.5 Å². The number of urea groups is 1. The number of hydrogen-bond acceptors (Lipinski definition) is 5. The van der Waals surface area contributed by atoms with Crippen LogP contribution in [0.15, 0.2) is 54.6 Å². The number of benzene rings is 2. The van der Waals surface area contributed by atoms with Crippen molar-refractivity contribution in [1.82, 2.24) is 9.97 Å². The van der Waals surface area contributed by atoms with Crippen molar-refractivity contribution in [3.05, 3.63) is 66.0 Å². The molecule has 0 aliphatic rings. The number of aryl methyl sites for hydroxylation is 1. The van der Waals surface area contributed by atoms with E-state index in [0.29, 0.717) is 17.3 Å². The molecule has 0 bridgehead atoms. The number of nitrogens with one attached hydrogen (secondary N) is 3. The number of amides is 2. The van der Waals surface area contributed by atoms with Gasteiger partial charge in [0.15, 0.2) is 0 Å². The summed E-state index contributed by atoms with van der Waals surface area (Å²) >= 11 is 0. The topological polar surface area (TPSA) is 82.2 Å². The molecule has 0 spiro atoms. The molecule has 3 aromatic rings. The SMILES string of the molecule is Cc1nc(Nc2ccc(NC(=O)Nc3ccccc3C(F)(F)F)cc2)cc(N(C)C)n1. The van der Waals surface area contributed by atoms with Gasteiger partial charge in [0.25, 0.3) is 0 Å². The third kappa shape index (κ3) is 5.84. The average molecular weight is 430 g/mol. The molecule has 2 aromatic carbocycles. The molecule has 1 aromatic heterocycles.